The molecule has 9 heteroatoms. The number of β-amino-alcohol motifs (C(OH)–C–C–N with tert-alkyl or cyclic N) is 2. The minimum atomic E-state index is -4.00. The molecule has 2 unspecified atom stereocenters. The molecule has 19 heavy (non-hydrogen) atoms. The molecular formula is C10H12BrFN2O4S. The minimum Gasteiger partial charge on any atom is -0.389 e. The van der Waals surface area contributed by atoms with Crippen molar-refractivity contribution in [1.29, 1.82) is 0 Å². The number of hydrogen-bond donors (Lipinski definition) is 3. The van der Waals surface area contributed by atoms with Crippen molar-refractivity contribution in [3.63, 3.8) is 0 Å². The topological polar surface area (TPSA) is 104 Å². The maximum absolute atomic E-state index is 14.0. The largest absolute Gasteiger partial charge is 0.389 e. The first-order chi connectivity index (χ1) is 8.70. The highest BCUT2D eigenvalue weighted by molar-refractivity contribution is 9.10. The zero-order valence-electron chi connectivity index (χ0n) is 9.62. The van der Waals surface area contributed by atoms with Gasteiger partial charge in [-0.25, -0.2) is 17.9 Å². The van der Waals surface area contributed by atoms with Gasteiger partial charge in [-0.05, 0) is 28.1 Å². The van der Waals surface area contributed by atoms with Crippen LogP contribution in [0.25, 0.3) is 0 Å². The monoisotopic (exact) mass is 354 g/mol. The second-order valence-electron chi connectivity index (χ2n) is 4.32. The molecule has 0 spiro atoms. The number of benzene rings is 1. The highest BCUT2D eigenvalue weighted by Crippen LogP contribution is 2.34. The van der Waals surface area contributed by atoms with Crippen LogP contribution in [0.1, 0.15) is 0 Å². The fourth-order valence-corrected chi connectivity index (χ4v) is 3.35. The van der Waals surface area contributed by atoms with E-state index in [4.69, 9.17) is 5.14 Å². The lowest BCUT2D eigenvalue weighted by molar-refractivity contribution is 0.0572. The average molecular weight is 355 g/mol. The zero-order valence-corrected chi connectivity index (χ0v) is 12.0. The fourth-order valence-electron chi connectivity index (χ4n) is 1.96. The van der Waals surface area contributed by atoms with Crippen molar-refractivity contribution < 1.29 is 23.0 Å². The van der Waals surface area contributed by atoms with Gasteiger partial charge in [-0.3, -0.25) is 0 Å². The van der Waals surface area contributed by atoms with Crippen LogP contribution in [0, 0.1) is 5.82 Å². The predicted octanol–water partition coefficient (Wildman–Crippen LogP) is -0.223. The third-order valence-electron chi connectivity index (χ3n) is 2.89. The van der Waals surface area contributed by atoms with E-state index < -0.39 is 28.0 Å². The molecule has 0 aromatic heterocycles. The molecule has 1 heterocycles. The van der Waals surface area contributed by atoms with Gasteiger partial charge in [-0.1, -0.05) is 0 Å². The van der Waals surface area contributed by atoms with E-state index in [-0.39, 0.29) is 28.1 Å². The maximum Gasteiger partial charge on any atom is 0.238 e. The van der Waals surface area contributed by atoms with E-state index in [1.807, 2.05) is 0 Å². The van der Waals surface area contributed by atoms with Gasteiger partial charge in [0.25, 0.3) is 0 Å². The van der Waals surface area contributed by atoms with Crippen LogP contribution >= 0.6 is 15.9 Å². The molecule has 1 aromatic carbocycles. The van der Waals surface area contributed by atoms with E-state index in [0.717, 1.165) is 6.07 Å². The Hall–Kier alpha value is -0.740. The summed E-state index contributed by atoms with van der Waals surface area (Å²) in [4.78, 5) is 1.09. The number of aliphatic hydroxyl groups excluding tert-OH is 2. The van der Waals surface area contributed by atoms with E-state index in [9.17, 15) is 23.0 Å². The lowest BCUT2D eigenvalue weighted by atomic mass is 10.3. The first kappa shape index (κ1) is 14.7. The minimum absolute atomic E-state index is 0.0609. The van der Waals surface area contributed by atoms with Crippen molar-refractivity contribution in [1.82, 2.24) is 0 Å². The summed E-state index contributed by atoms with van der Waals surface area (Å²) in [5.74, 6) is -0.792. The van der Waals surface area contributed by atoms with E-state index in [0.29, 0.717) is 0 Å². The summed E-state index contributed by atoms with van der Waals surface area (Å²) >= 11 is 3.08. The third kappa shape index (κ3) is 2.90. The highest BCUT2D eigenvalue weighted by Gasteiger charge is 2.32. The molecule has 1 aliphatic rings. The van der Waals surface area contributed by atoms with Crippen molar-refractivity contribution in [2.75, 3.05) is 18.0 Å². The standard InChI is InChI=1S/C10H12BrFN2O4S/c11-6-1-5(19(13,17)18)2-7(12)10(6)14-3-8(15)9(16)4-14/h1-2,8-9,15-16H,3-4H2,(H2,13,17,18). The second kappa shape index (κ2) is 4.98. The summed E-state index contributed by atoms with van der Waals surface area (Å²) in [6, 6.07) is 2.00. The molecule has 1 aromatic rings. The predicted molar refractivity (Wildman–Crippen MR) is 69.7 cm³/mol. The molecule has 1 fully saturated rings. The molecule has 0 saturated carbocycles. The Morgan fingerprint density at radius 3 is 2.26 bits per heavy atom. The fraction of sp³-hybridized carbons (Fsp3) is 0.400. The molecule has 2 rings (SSSR count). The van der Waals surface area contributed by atoms with Crippen molar-refractivity contribution >= 4 is 31.6 Å². The highest BCUT2D eigenvalue weighted by atomic mass is 79.9. The molecule has 0 amide bonds. The molecule has 1 aliphatic heterocycles. The third-order valence-corrected chi connectivity index (χ3v) is 4.39. The van der Waals surface area contributed by atoms with E-state index in [2.05, 4.69) is 15.9 Å². The van der Waals surface area contributed by atoms with Crippen LogP contribution < -0.4 is 10.0 Å². The Balaban J connectivity index is 2.44. The molecule has 0 aliphatic carbocycles. The molecule has 1 saturated heterocycles. The van der Waals surface area contributed by atoms with Crippen molar-refractivity contribution in [2.24, 2.45) is 5.14 Å². The SMILES string of the molecule is NS(=O)(=O)c1cc(F)c(N2CC(O)C(O)C2)c(Br)c1. The van der Waals surface area contributed by atoms with Gasteiger partial charge in [-0.2, -0.15) is 0 Å². The zero-order chi connectivity index (χ0) is 14.4. The number of hydrogen-bond acceptors (Lipinski definition) is 5. The number of rotatable bonds is 2. The molecule has 0 radical (unpaired) electrons. The Labute approximate surface area is 117 Å². The van der Waals surface area contributed by atoms with Crippen LogP contribution in [0.5, 0.6) is 0 Å². The summed E-state index contributed by atoms with van der Waals surface area (Å²) in [5, 5.41) is 23.8. The number of aliphatic hydroxyl groups is 2. The number of primary sulfonamides is 1. The van der Waals surface area contributed by atoms with Crippen LogP contribution in [-0.4, -0.2) is 43.9 Å². The Bertz CT molecular complexity index is 577. The van der Waals surface area contributed by atoms with Crippen LogP contribution in [0.4, 0.5) is 10.1 Å². The van der Waals surface area contributed by atoms with Crippen LogP contribution in [0.15, 0.2) is 21.5 Å². The molecule has 4 N–H and O–H groups in total. The summed E-state index contributed by atoms with van der Waals surface area (Å²) in [7, 11) is -4.00. The van der Waals surface area contributed by atoms with E-state index in [1.54, 1.807) is 0 Å². The summed E-state index contributed by atoms with van der Waals surface area (Å²) < 4.78 is 36.5. The number of halogens is 2. The smallest absolute Gasteiger partial charge is 0.238 e. The molecule has 2 atom stereocenters. The van der Waals surface area contributed by atoms with Crippen molar-refractivity contribution in [2.45, 2.75) is 17.1 Å². The number of nitrogens with two attached hydrogens (primary N) is 1. The first-order valence-corrected chi connectivity index (χ1v) is 7.67. The van der Waals surface area contributed by atoms with Gasteiger partial charge in [0.2, 0.25) is 10.0 Å². The van der Waals surface area contributed by atoms with Crippen LogP contribution in [0.3, 0.4) is 0 Å². The summed E-state index contributed by atoms with van der Waals surface area (Å²) in [5.41, 5.74) is 0.0861. The second-order valence-corrected chi connectivity index (χ2v) is 6.74. The van der Waals surface area contributed by atoms with Crippen LogP contribution in [-0.2, 0) is 10.0 Å². The lowest BCUT2D eigenvalue weighted by Crippen LogP contribution is -2.23. The normalized spacial score (nSPS) is 23.9. The lowest BCUT2D eigenvalue weighted by Gasteiger charge is -2.20. The van der Waals surface area contributed by atoms with Gasteiger partial charge in [0, 0.05) is 17.6 Å². The molecule has 0 bridgehead atoms. The van der Waals surface area contributed by atoms with Gasteiger partial charge < -0.3 is 15.1 Å². The van der Waals surface area contributed by atoms with Crippen molar-refractivity contribution in [3.05, 3.63) is 22.4 Å². The summed E-state index contributed by atoms with van der Waals surface area (Å²) in [6.45, 7) is 0.122. The molecule has 106 valence electrons. The van der Waals surface area contributed by atoms with Crippen molar-refractivity contribution in [3.8, 4) is 0 Å². The average Bonchev–Trinajstić information content (AvgIpc) is 2.56. The van der Waals surface area contributed by atoms with Gasteiger partial charge in [0.15, 0.2) is 0 Å². The first-order valence-electron chi connectivity index (χ1n) is 5.33. The maximum atomic E-state index is 14.0. The van der Waals surface area contributed by atoms with E-state index in [1.165, 1.54) is 11.0 Å². The molecule has 6 nitrogen and oxygen atoms in total. The Kier molecular flexibility index (Phi) is 3.85. The summed E-state index contributed by atoms with van der Waals surface area (Å²) in [6.07, 6.45) is -1.94. The van der Waals surface area contributed by atoms with Gasteiger partial charge in [0.05, 0.1) is 22.8 Å². The van der Waals surface area contributed by atoms with Gasteiger partial charge >= 0.3 is 0 Å². The number of nitrogens with zero attached hydrogens (tertiary/aromatic N) is 1. The Morgan fingerprint density at radius 1 is 1.32 bits per heavy atom. The van der Waals surface area contributed by atoms with Gasteiger partial charge in [-0.15, -0.1) is 0 Å². The molecular weight excluding hydrogens is 343 g/mol. The van der Waals surface area contributed by atoms with Gasteiger partial charge in [0.1, 0.15) is 5.82 Å². The van der Waals surface area contributed by atoms with E-state index >= 15 is 0 Å². The quantitative estimate of drug-likeness (QED) is 0.680. The Morgan fingerprint density at radius 2 is 1.84 bits per heavy atom. The number of sulfonamides is 1. The van der Waals surface area contributed by atoms with Crippen LogP contribution in [0.2, 0.25) is 0 Å². The number of anilines is 1.